The summed E-state index contributed by atoms with van der Waals surface area (Å²) < 4.78 is 11.1. The number of benzene rings is 2. The summed E-state index contributed by atoms with van der Waals surface area (Å²) in [6, 6.07) is 17.1. The Balaban J connectivity index is 1.87. The summed E-state index contributed by atoms with van der Waals surface area (Å²) in [6.45, 7) is 5.76. The zero-order valence-electron chi connectivity index (χ0n) is 18.7. The van der Waals surface area contributed by atoms with Crippen molar-refractivity contribution in [3.63, 3.8) is 0 Å². The van der Waals surface area contributed by atoms with Gasteiger partial charge in [-0.15, -0.1) is 0 Å². The molecule has 1 heterocycles. The molecule has 1 fully saturated rings. The van der Waals surface area contributed by atoms with Gasteiger partial charge in [0.1, 0.15) is 5.75 Å². The van der Waals surface area contributed by atoms with Gasteiger partial charge in [-0.2, -0.15) is 0 Å². The molecule has 3 atom stereocenters. The van der Waals surface area contributed by atoms with Crippen LogP contribution in [0.5, 0.6) is 5.75 Å². The fourth-order valence-electron chi connectivity index (χ4n) is 4.16. The average molecular weight is 422 g/mol. The number of likely N-dealkylation sites (tertiary alicyclic amines) is 1. The number of hydrogen-bond acceptors (Lipinski definition) is 4. The Labute approximate surface area is 184 Å². The van der Waals surface area contributed by atoms with Crippen molar-refractivity contribution < 1.29 is 19.1 Å². The topological polar surface area (TPSA) is 55.8 Å². The number of hydrogen-bond donors (Lipinski definition) is 0. The van der Waals surface area contributed by atoms with Crippen LogP contribution in [0.4, 0.5) is 0 Å². The predicted molar refractivity (Wildman–Crippen MR) is 122 cm³/mol. The zero-order chi connectivity index (χ0) is 22.4. The molecular weight excluding hydrogens is 390 g/mol. The van der Waals surface area contributed by atoms with Crippen molar-refractivity contribution in [3.8, 4) is 5.75 Å². The van der Waals surface area contributed by atoms with Crippen LogP contribution in [0.2, 0.25) is 0 Å². The van der Waals surface area contributed by atoms with E-state index in [1.54, 1.807) is 20.1 Å². The lowest BCUT2D eigenvalue weighted by atomic mass is 9.97. The minimum Gasteiger partial charge on any atom is -0.496 e. The number of nitrogens with zero attached hydrogens (tertiary/aromatic N) is 1. The summed E-state index contributed by atoms with van der Waals surface area (Å²) in [7, 11) is 1.59. The number of amides is 1. The highest BCUT2D eigenvalue weighted by Crippen LogP contribution is 2.27. The zero-order valence-corrected chi connectivity index (χ0v) is 18.7. The van der Waals surface area contributed by atoms with Crippen molar-refractivity contribution in [1.82, 2.24) is 4.90 Å². The number of esters is 1. The quantitative estimate of drug-likeness (QED) is 0.376. The minimum absolute atomic E-state index is 0.141. The average Bonchev–Trinajstić information content (AvgIpc) is 2.77. The van der Waals surface area contributed by atoms with E-state index < -0.39 is 12.1 Å². The molecule has 5 heteroatoms. The molecule has 0 aromatic heterocycles. The molecule has 0 radical (unpaired) electrons. The van der Waals surface area contributed by atoms with Crippen LogP contribution in [0.1, 0.15) is 51.2 Å². The van der Waals surface area contributed by atoms with Gasteiger partial charge in [0.05, 0.1) is 12.7 Å². The summed E-state index contributed by atoms with van der Waals surface area (Å²) in [5.74, 6) is -0.0168. The largest absolute Gasteiger partial charge is 0.496 e. The van der Waals surface area contributed by atoms with E-state index in [2.05, 4.69) is 13.8 Å². The molecule has 3 rings (SSSR count). The normalized spacial score (nSPS) is 20.1. The second-order valence-electron chi connectivity index (χ2n) is 8.09. The number of carbonyl (C=O) groups is 2. The van der Waals surface area contributed by atoms with Gasteiger partial charge in [-0.1, -0.05) is 48.5 Å². The number of para-hydroxylation sites is 1. The van der Waals surface area contributed by atoms with E-state index in [9.17, 15) is 9.59 Å². The van der Waals surface area contributed by atoms with Crippen LogP contribution in [0.25, 0.3) is 11.6 Å². The molecular formula is C26H31NO4. The number of carbonyl (C=O) groups excluding carboxylic acids is 2. The monoisotopic (exact) mass is 421 g/mol. The van der Waals surface area contributed by atoms with Crippen LogP contribution in [0, 0.1) is 0 Å². The van der Waals surface area contributed by atoms with Gasteiger partial charge >= 0.3 is 5.97 Å². The van der Waals surface area contributed by atoms with Gasteiger partial charge in [-0.25, -0.2) is 4.79 Å². The van der Waals surface area contributed by atoms with E-state index in [-0.39, 0.29) is 18.0 Å². The highest BCUT2D eigenvalue weighted by Gasteiger charge is 2.33. The first kappa shape index (κ1) is 22.6. The van der Waals surface area contributed by atoms with Gasteiger partial charge in [0.15, 0.2) is 6.10 Å². The summed E-state index contributed by atoms with van der Waals surface area (Å²) in [6.07, 6.45) is 3.94. The molecule has 5 nitrogen and oxygen atoms in total. The second-order valence-corrected chi connectivity index (χ2v) is 8.09. The number of methoxy groups -OCH3 is 1. The van der Waals surface area contributed by atoms with Crippen LogP contribution in [0.15, 0.2) is 54.6 Å². The Morgan fingerprint density at radius 3 is 2.26 bits per heavy atom. The molecule has 2 aromatic carbocycles. The maximum Gasteiger partial charge on any atom is 0.339 e. The predicted octanol–water partition coefficient (Wildman–Crippen LogP) is 4.96. The van der Waals surface area contributed by atoms with Crippen molar-refractivity contribution in [2.24, 2.45) is 0 Å². The second kappa shape index (κ2) is 10.3. The summed E-state index contributed by atoms with van der Waals surface area (Å²) >= 11 is 0. The standard InChI is InChI=1S/C26H31NO4/c1-18-11-10-12-19(2)27(18)25(28)20(3)31-26(29)23(21-13-6-5-7-14-21)17-22-15-8-9-16-24(22)30-4/h5-9,13-20H,10-12H2,1-4H3/b23-17+/t18-,19+,20-/m1/s1. The van der Waals surface area contributed by atoms with Crippen LogP contribution in [-0.4, -0.2) is 42.1 Å². The number of rotatable bonds is 6. The summed E-state index contributed by atoms with van der Waals surface area (Å²) in [5.41, 5.74) is 1.86. The fraction of sp³-hybridized carbons (Fsp3) is 0.385. The Morgan fingerprint density at radius 2 is 1.61 bits per heavy atom. The van der Waals surface area contributed by atoms with Crippen molar-refractivity contribution in [1.29, 1.82) is 0 Å². The van der Waals surface area contributed by atoms with Crippen LogP contribution in [0.3, 0.4) is 0 Å². The smallest absolute Gasteiger partial charge is 0.339 e. The van der Waals surface area contributed by atoms with Gasteiger partial charge in [0.25, 0.3) is 5.91 Å². The van der Waals surface area contributed by atoms with Gasteiger partial charge in [-0.3, -0.25) is 4.79 Å². The van der Waals surface area contributed by atoms with Crippen molar-refractivity contribution in [3.05, 3.63) is 65.7 Å². The van der Waals surface area contributed by atoms with E-state index >= 15 is 0 Å². The molecule has 0 saturated carbocycles. The summed E-state index contributed by atoms with van der Waals surface area (Å²) in [5, 5.41) is 0. The molecule has 0 unspecified atom stereocenters. The molecule has 0 spiro atoms. The van der Waals surface area contributed by atoms with E-state index in [1.165, 1.54) is 0 Å². The van der Waals surface area contributed by atoms with Crippen LogP contribution in [-0.2, 0) is 14.3 Å². The summed E-state index contributed by atoms with van der Waals surface area (Å²) in [4.78, 5) is 28.2. The Morgan fingerprint density at radius 1 is 1.00 bits per heavy atom. The van der Waals surface area contributed by atoms with Gasteiger partial charge in [-0.05, 0) is 57.7 Å². The SMILES string of the molecule is COc1ccccc1/C=C(/C(=O)O[C@H](C)C(=O)N1[C@H](C)CCC[C@@H]1C)c1ccccc1. The lowest BCUT2D eigenvalue weighted by Gasteiger charge is -2.40. The molecule has 0 N–H and O–H groups in total. The lowest BCUT2D eigenvalue weighted by molar-refractivity contribution is -0.158. The van der Waals surface area contributed by atoms with Crippen molar-refractivity contribution in [2.75, 3.05) is 7.11 Å². The van der Waals surface area contributed by atoms with E-state index in [0.717, 1.165) is 30.4 Å². The van der Waals surface area contributed by atoms with Crippen molar-refractivity contribution >= 4 is 23.5 Å². The maximum absolute atomic E-state index is 13.2. The van der Waals surface area contributed by atoms with E-state index in [4.69, 9.17) is 9.47 Å². The highest BCUT2D eigenvalue weighted by atomic mass is 16.5. The highest BCUT2D eigenvalue weighted by molar-refractivity contribution is 6.22. The molecule has 1 aliphatic heterocycles. The molecule has 1 aliphatic rings. The third kappa shape index (κ3) is 5.35. The molecule has 31 heavy (non-hydrogen) atoms. The number of piperidine rings is 1. The van der Waals surface area contributed by atoms with Gasteiger partial charge in [0.2, 0.25) is 0 Å². The van der Waals surface area contributed by atoms with Crippen LogP contribution < -0.4 is 4.74 Å². The third-order valence-corrected chi connectivity index (χ3v) is 5.82. The molecule has 1 saturated heterocycles. The molecule has 0 aliphatic carbocycles. The molecule has 0 bridgehead atoms. The Hall–Kier alpha value is -3.08. The van der Waals surface area contributed by atoms with Crippen LogP contribution >= 0.6 is 0 Å². The molecule has 1 amide bonds. The van der Waals surface area contributed by atoms with Crippen molar-refractivity contribution in [2.45, 2.75) is 58.2 Å². The van der Waals surface area contributed by atoms with E-state index in [0.29, 0.717) is 11.3 Å². The van der Waals surface area contributed by atoms with Gasteiger partial charge < -0.3 is 14.4 Å². The first-order chi connectivity index (χ1) is 14.9. The Kier molecular flexibility index (Phi) is 7.50. The fourth-order valence-corrected chi connectivity index (χ4v) is 4.16. The van der Waals surface area contributed by atoms with E-state index in [1.807, 2.05) is 59.5 Å². The van der Waals surface area contributed by atoms with Gasteiger partial charge in [0, 0.05) is 17.6 Å². The molecule has 164 valence electrons. The Bertz CT molecular complexity index is 927. The maximum atomic E-state index is 13.2. The lowest BCUT2D eigenvalue weighted by Crippen LogP contribution is -2.51. The number of ether oxygens (including phenoxy) is 2. The minimum atomic E-state index is -0.861. The first-order valence-electron chi connectivity index (χ1n) is 10.9. The first-order valence-corrected chi connectivity index (χ1v) is 10.9. The molecule has 2 aromatic rings. The third-order valence-electron chi connectivity index (χ3n) is 5.82.